The molecule has 0 unspecified atom stereocenters. The van der Waals surface area contributed by atoms with Gasteiger partial charge in [-0.2, -0.15) is 0 Å². The van der Waals surface area contributed by atoms with Crippen LogP contribution in [-0.4, -0.2) is 60.6 Å². The third-order valence-electron chi connectivity index (χ3n) is 6.02. The molecule has 3 amide bonds. The number of anilines is 1. The first-order valence-corrected chi connectivity index (χ1v) is 9.88. The second-order valence-electron chi connectivity index (χ2n) is 8.02. The number of piperidine rings is 1. The van der Waals surface area contributed by atoms with Gasteiger partial charge in [-0.15, -0.1) is 0 Å². The molecule has 2 fully saturated rings. The van der Waals surface area contributed by atoms with Crippen molar-refractivity contribution >= 4 is 17.6 Å². The summed E-state index contributed by atoms with van der Waals surface area (Å²) in [5.41, 5.74) is 1.79. The fourth-order valence-corrected chi connectivity index (χ4v) is 4.15. The molecule has 148 valence electrons. The van der Waals surface area contributed by atoms with Gasteiger partial charge in [-0.25, -0.2) is 4.79 Å². The van der Waals surface area contributed by atoms with E-state index in [4.69, 9.17) is 4.74 Å². The number of urea groups is 1. The average Bonchev–Trinajstić information content (AvgIpc) is 3.09. The standard InChI is InChI=1S/C21H31N3O3/c1-5-16-6-8-17(9-7-16)22-20(26)24-13-12-21(15(2)14-24)11-10-18(27-21)19(25)23(3)4/h6-9,15,18H,5,10-14H2,1-4H3,(H,22,26)/t15-,18-,21+/m0/s1. The van der Waals surface area contributed by atoms with Gasteiger partial charge in [0, 0.05) is 38.8 Å². The maximum absolute atomic E-state index is 12.6. The van der Waals surface area contributed by atoms with Crippen LogP contribution >= 0.6 is 0 Å². The third-order valence-corrected chi connectivity index (χ3v) is 6.02. The van der Waals surface area contributed by atoms with Crippen molar-refractivity contribution in [1.29, 1.82) is 0 Å². The second kappa shape index (κ2) is 7.89. The highest BCUT2D eigenvalue weighted by Gasteiger charge is 2.49. The van der Waals surface area contributed by atoms with Gasteiger partial charge < -0.3 is 19.9 Å². The minimum absolute atomic E-state index is 0.0368. The summed E-state index contributed by atoms with van der Waals surface area (Å²) >= 11 is 0. The van der Waals surface area contributed by atoms with E-state index in [9.17, 15) is 9.59 Å². The zero-order valence-electron chi connectivity index (χ0n) is 16.8. The van der Waals surface area contributed by atoms with Gasteiger partial charge in [-0.05, 0) is 43.4 Å². The van der Waals surface area contributed by atoms with Gasteiger partial charge in [0.05, 0.1) is 5.60 Å². The Morgan fingerprint density at radius 2 is 1.96 bits per heavy atom. The van der Waals surface area contributed by atoms with Crippen molar-refractivity contribution in [2.75, 3.05) is 32.5 Å². The Kier molecular flexibility index (Phi) is 5.75. The van der Waals surface area contributed by atoms with Crippen molar-refractivity contribution in [3.8, 4) is 0 Å². The number of benzene rings is 1. The summed E-state index contributed by atoms with van der Waals surface area (Å²) in [6.45, 7) is 5.52. The highest BCUT2D eigenvalue weighted by Crippen LogP contribution is 2.42. The van der Waals surface area contributed by atoms with E-state index >= 15 is 0 Å². The number of likely N-dealkylation sites (tertiary alicyclic amines) is 1. The molecule has 0 radical (unpaired) electrons. The Balaban J connectivity index is 1.58. The molecule has 2 aliphatic rings. The quantitative estimate of drug-likeness (QED) is 0.885. The van der Waals surface area contributed by atoms with Gasteiger partial charge >= 0.3 is 6.03 Å². The molecule has 6 nitrogen and oxygen atoms in total. The number of rotatable bonds is 3. The predicted molar refractivity (Wildman–Crippen MR) is 106 cm³/mol. The number of ether oxygens (including phenoxy) is 1. The van der Waals surface area contributed by atoms with E-state index < -0.39 is 0 Å². The van der Waals surface area contributed by atoms with Crippen molar-refractivity contribution < 1.29 is 14.3 Å². The SMILES string of the molecule is CCc1ccc(NC(=O)N2CC[C@]3(CC[C@@H](C(=O)N(C)C)O3)[C@@H](C)C2)cc1. The summed E-state index contributed by atoms with van der Waals surface area (Å²) < 4.78 is 6.25. The second-order valence-corrected chi connectivity index (χ2v) is 8.02. The minimum Gasteiger partial charge on any atom is -0.362 e. The van der Waals surface area contributed by atoms with Crippen molar-refractivity contribution in [3.63, 3.8) is 0 Å². The Morgan fingerprint density at radius 1 is 1.26 bits per heavy atom. The summed E-state index contributed by atoms with van der Waals surface area (Å²) in [6.07, 6.45) is 3.05. The number of likely N-dealkylation sites (N-methyl/N-ethyl adjacent to an activating group) is 1. The van der Waals surface area contributed by atoms with Crippen molar-refractivity contribution in [1.82, 2.24) is 9.80 Å². The number of nitrogens with zero attached hydrogens (tertiary/aromatic N) is 2. The van der Waals surface area contributed by atoms with Crippen LogP contribution in [0.1, 0.15) is 38.7 Å². The molecule has 2 saturated heterocycles. The molecule has 1 aromatic rings. The molecule has 0 bridgehead atoms. The molecule has 2 heterocycles. The highest BCUT2D eigenvalue weighted by atomic mass is 16.5. The summed E-state index contributed by atoms with van der Waals surface area (Å²) in [5, 5.41) is 2.99. The van der Waals surface area contributed by atoms with Crippen LogP contribution in [0.25, 0.3) is 0 Å². The number of hydrogen-bond donors (Lipinski definition) is 1. The summed E-state index contributed by atoms with van der Waals surface area (Å²) in [5.74, 6) is 0.231. The topological polar surface area (TPSA) is 61.9 Å². The predicted octanol–water partition coefficient (Wildman–Crippen LogP) is 3.13. The molecular formula is C21H31N3O3. The number of aryl methyl sites for hydroxylation is 1. The van der Waals surface area contributed by atoms with Crippen LogP contribution in [0, 0.1) is 5.92 Å². The Hall–Kier alpha value is -2.08. The maximum Gasteiger partial charge on any atom is 0.321 e. The Bertz CT molecular complexity index is 688. The van der Waals surface area contributed by atoms with E-state index in [-0.39, 0.29) is 29.6 Å². The minimum atomic E-state index is -0.347. The normalized spacial score (nSPS) is 27.6. The van der Waals surface area contributed by atoms with E-state index in [0.29, 0.717) is 13.1 Å². The summed E-state index contributed by atoms with van der Waals surface area (Å²) in [4.78, 5) is 28.3. The van der Waals surface area contributed by atoms with Crippen LogP contribution in [0.15, 0.2) is 24.3 Å². The Morgan fingerprint density at radius 3 is 2.56 bits per heavy atom. The van der Waals surface area contributed by atoms with Gasteiger partial charge in [0.2, 0.25) is 0 Å². The van der Waals surface area contributed by atoms with Crippen LogP contribution < -0.4 is 5.32 Å². The van der Waals surface area contributed by atoms with E-state index in [1.807, 2.05) is 29.2 Å². The lowest BCUT2D eigenvalue weighted by Gasteiger charge is -2.44. The molecule has 27 heavy (non-hydrogen) atoms. The largest absolute Gasteiger partial charge is 0.362 e. The lowest BCUT2D eigenvalue weighted by Crippen LogP contribution is -2.53. The van der Waals surface area contributed by atoms with Crippen molar-refractivity contribution in [3.05, 3.63) is 29.8 Å². The highest BCUT2D eigenvalue weighted by molar-refractivity contribution is 5.89. The third kappa shape index (κ3) is 4.10. The first kappa shape index (κ1) is 19.7. The van der Waals surface area contributed by atoms with Crippen LogP contribution in [0.3, 0.4) is 0 Å². The fourth-order valence-electron chi connectivity index (χ4n) is 4.15. The first-order chi connectivity index (χ1) is 12.8. The molecule has 2 aliphatic heterocycles. The molecular weight excluding hydrogens is 342 g/mol. The molecule has 0 aliphatic carbocycles. The number of carbonyl (C=O) groups excluding carboxylic acids is 2. The van der Waals surface area contributed by atoms with Crippen molar-refractivity contribution in [2.24, 2.45) is 5.92 Å². The average molecular weight is 373 g/mol. The molecule has 3 atom stereocenters. The molecule has 0 saturated carbocycles. The van der Waals surface area contributed by atoms with Gasteiger partial charge in [0.1, 0.15) is 6.10 Å². The molecule has 0 aromatic heterocycles. The van der Waals surface area contributed by atoms with Crippen LogP contribution in [0.4, 0.5) is 10.5 Å². The van der Waals surface area contributed by atoms with Crippen LogP contribution in [-0.2, 0) is 16.0 Å². The first-order valence-electron chi connectivity index (χ1n) is 9.88. The number of amides is 3. The number of hydrogen-bond acceptors (Lipinski definition) is 3. The van der Waals surface area contributed by atoms with Crippen LogP contribution in [0.2, 0.25) is 0 Å². The van der Waals surface area contributed by atoms with E-state index in [1.165, 1.54) is 5.56 Å². The number of nitrogens with one attached hydrogen (secondary N) is 1. The van der Waals surface area contributed by atoms with Gasteiger partial charge in [0.25, 0.3) is 5.91 Å². The van der Waals surface area contributed by atoms with E-state index in [1.54, 1.807) is 19.0 Å². The molecule has 1 N–H and O–H groups in total. The van der Waals surface area contributed by atoms with Gasteiger partial charge in [0.15, 0.2) is 0 Å². The number of carbonyl (C=O) groups is 2. The summed E-state index contributed by atoms with van der Waals surface area (Å²) in [6, 6.07) is 7.90. The van der Waals surface area contributed by atoms with E-state index in [2.05, 4.69) is 19.2 Å². The van der Waals surface area contributed by atoms with E-state index in [0.717, 1.165) is 31.4 Å². The summed E-state index contributed by atoms with van der Waals surface area (Å²) in [7, 11) is 3.53. The lowest BCUT2D eigenvalue weighted by molar-refractivity contribution is -0.153. The molecule has 1 aromatic carbocycles. The monoisotopic (exact) mass is 373 g/mol. The van der Waals surface area contributed by atoms with Gasteiger partial charge in [-0.3, -0.25) is 4.79 Å². The molecule has 1 spiro atoms. The Labute approximate surface area is 161 Å². The van der Waals surface area contributed by atoms with Gasteiger partial charge in [-0.1, -0.05) is 26.0 Å². The molecule has 6 heteroatoms. The van der Waals surface area contributed by atoms with Crippen LogP contribution in [0.5, 0.6) is 0 Å². The molecule has 3 rings (SSSR count). The smallest absolute Gasteiger partial charge is 0.321 e. The van der Waals surface area contributed by atoms with Crippen molar-refractivity contribution in [2.45, 2.75) is 51.2 Å². The fraction of sp³-hybridized carbons (Fsp3) is 0.619. The lowest BCUT2D eigenvalue weighted by atomic mass is 9.80. The maximum atomic E-state index is 12.6. The zero-order valence-corrected chi connectivity index (χ0v) is 16.8. The zero-order chi connectivity index (χ0) is 19.6.